The first-order chi connectivity index (χ1) is 7.21. The molecule has 0 aliphatic carbocycles. The van der Waals surface area contributed by atoms with E-state index in [1.165, 1.54) is 0 Å². The predicted molar refractivity (Wildman–Crippen MR) is 85.7 cm³/mol. The summed E-state index contributed by atoms with van der Waals surface area (Å²) in [5, 5.41) is 2.27. The summed E-state index contributed by atoms with van der Waals surface area (Å²) in [6.07, 6.45) is 0. The molecule has 2 heterocycles. The summed E-state index contributed by atoms with van der Waals surface area (Å²) >= 11 is 0.237. The van der Waals surface area contributed by atoms with E-state index in [1.807, 2.05) is 17.8 Å². The van der Waals surface area contributed by atoms with Crippen molar-refractivity contribution in [3.05, 3.63) is 11.4 Å². The molecule has 2 rings (SSSR count). The van der Waals surface area contributed by atoms with Gasteiger partial charge in [0, 0.05) is 0 Å². The molecule has 0 aromatic carbocycles. The van der Waals surface area contributed by atoms with Crippen LogP contribution in [0, 0.1) is 0 Å². The molecule has 0 atom stereocenters. The summed E-state index contributed by atoms with van der Waals surface area (Å²) in [4.78, 5) is 15.4. The number of hydrogen-bond acceptors (Lipinski definition) is 2. The average Bonchev–Trinajstić information content (AvgIpc) is 2.53. The van der Waals surface area contributed by atoms with Gasteiger partial charge in [0.15, 0.2) is 0 Å². The van der Waals surface area contributed by atoms with Crippen molar-refractivity contribution in [3.8, 4) is 0 Å². The third kappa shape index (κ3) is 2.49. The van der Waals surface area contributed by atoms with Crippen LogP contribution in [0.1, 0.15) is 0 Å². The molecule has 0 fully saturated rings. The molecule has 0 unspecified atom stereocenters. The summed E-state index contributed by atoms with van der Waals surface area (Å²) < 4.78 is 6.94. The molecule has 0 radical (unpaired) electrons. The van der Waals surface area contributed by atoms with Gasteiger partial charge in [-0.3, -0.25) is 0 Å². The van der Waals surface area contributed by atoms with Gasteiger partial charge in [0.25, 0.3) is 0 Å². The van der Waals surface area contributed by atoms with Crippen molar-refractivity contribution in [2.45, 2.75) is 29.6 Å². The van der Waals surface area contributed by atoms with Gasteiger partial charge in [-0.1, -0.05) is 0 Å². The van der Waals surface area contributed by atoms with Gasteiger partial charge in [-0.2, -0.15) is 0 Å². The molecule has 0 aliphatic rings. The van der Waals surface area contributed by atoms with Gasteiger partial charge >= 0.3 is 116 Å². The van der Waals surface area contributed by atoms with Gasteiger partial charge in [0.2, 0.25) is 0 Å². The molecule has 0 amide bonds. The van der Waals surface area contributed by atoms with Crippen LogP contribution in [0.25, 0.3) is 9.40 Å². The van der Waals surface area contributed by atoms with Crippen LogP contribution in [-0.2, 0) is 0 Å². The molecule has 2 aromatic rings. The van der Waals surface area contributed by atoms with Crippen LogP contribution in [0.5, 0.6) is 0 Å². The normalized spacial score (nSPS) is 13.6. The molecule has 0 bridgehead atoms. The first kappa shape index (κ1) is 13.7. The van der Waals surface area contributed by atoms with Crippen molar-refractivity contribution in [3.63, 3.8) is 0 Å². The molecule has 0 saturated carbocycles. The second-order valence-electron chi connectivity index (χ2n) is 6.42. The van der Waals surface area contributed by atoms with Crippen LogP contribution in [-0.4, -0.2) is 36.8 Å². The van der Waals surface area contributed by atoms with Gasteiger partial charge in [-0.15, -0.1) is 0 Å². The van der Waals surface area contributed by atoms with E-state index in [-0.39, 0.29) is 0 Å². The van der Waals surface area contributed by atoms with Crippen LogP contribution < -0.4 is 6.47 Å². The van der Waals surface area contributed by atoms with Crippen LogP contribution >= 0.6 is 22.7 Å². The van der Waals surface area contributed by atoms with E-state index in [1.54, 1.807) is 9.40 Å². The minimum atomic E-state index is -1.95. The number of thiophene rings is 2. The summed E-state index contributed by atoms with van der Waals surface area (Å²) in [6.45, 7) is 0. The maximum atomic E-state index is 2.57. The Bertz CT molecular complexity index is 509. The minimum absolute atomic E-state index is 1.56. The van der Waals surface area contributed by atoms with Crippen LogP contribution in [0.3, 0.4) is 0 Å². The Morgan fingerprint density at radius 1 is 0.938 bits per heavy atom. The molecule has 88 valence electrons. The van der Waals surface area contributed by atoms with Gasteiger partial charge in [-0.05, 0) is 0 Å². The van der Waals surface area contributed by atoms with Gasteiger partial charge < -0.3 is 0 Å². The average molecular weight is 466 g/mol. The van der Waals surface area contributed by atoms with E-state index in [4.69, 9.17) is 0 Å². The van der Waals surface area contributed by atoms with E-state index in [0.717, 1.165) is 0 Å². The van der Waals surface area contributed by atoms with Crippen LogP contribution in [0.4, 0.5) is 0 Å². The van der Waals surface area contributed by atoms with E-state index in [9.17, 15) is 0 Å². The van der Waals surface area contributed by atoms with Crippen LogP contribution in [0.15, 0.2) is 11.4 Å². The number of rotatable bonds is 2. The summed E-state index contributed by atoms with van der Waals surface area (Å²) in [6, 6.07) is 2.33. The van der Waals surface area contributed by atoms with E-state index in [0.29, 0.717) is 0 Å². The molecule has 0 nitrogen and oxygen atoms in total. The standard InChI is InChI=1S/C6H2S2.6CH3.2Sn/c1-3-7-6-2-4-8-5(1)6;;;;;;;;/h1,3H;6*1H3;;. The van der Waals surface area contributed by atoms with Crippen molar-refractivity contribution in [1.82, 2.24) is 0 Å². The monoisotopic (exact) mass is 468 g/mol. The van der Waals surface area contributed by atoms with Crippen molar-refractivity contribution < 1.29 is 0 Å². The van der Waals surface area contributed by atoms with Gasteiger partial charge in [0.1, 0.15) is 0 Å². The Kier molecular flexibility index (Phi) is 3.78. The SMILES string of the molecule is [CH3][Sn]([CH3])([CH3])[c]1sc2ccsc2[c]1[Sn]([CH3])([CH3])[CH3]. The predicted octanol–water partition coefficient (Wildman–Crippen LogP) is 4.05. The molecule has 0 N–H and O–H groups in total. The first-order valence-corrected chi connectivity index (χ1v) is 27.4. The Labute approximate surface area is 115 Å². The van der Waals surface area contributed by atoms with Gasteiger partial charge in [0.05, 0.1) is 0 Å². The molecule has 2 aromatic heterocycles. The third-order valence-corrected chi connectivity index (χ3v) is 23.1. The second-order valence-corrected chi connectivity index (χ2v) is 38.0. The van der Waals surface area contributed by atoms with E-state index < -0.39 is 36.8 Å². The topological polar surface area (TPSA) is 0 Å². The summed E-state index contributed by atoms with van der Waals surface area (Å²) in [5.41, 5.74) is 0. The summed E-state index contributed by atoms with van der Waals surface area (Å²) in [5.74, 6) is 0. The fourth-order valence-electron chi connectivity index (χ4n) is 2.03. The van der Waals surface area contributed by atoms with E-state index in [2.05, 4.69) is 52.4 Å². The molecule has 0 saturated heterocycles. The van der Waals surface area contributed by atoms with Crippen molar-refractivity contribution in [1.29, 1.82) is 0 Å². The second kappa shape index (κ2) is 4.42. The zero-order valence-corrected chi connectivity index (χ0v) is 18.3. The zero-order chi connectivity index (χ0) is 12.1. The van der Waals surface area contributed by atoms with Crippen molar-refractivity contribution in [2.24, 2.45) is 0 Å². The molecule has 0 spiro atoms. The molecular formula is C12H20S2Sn2. The molecular weight excluding hydrogens is 446 g/mol. The Hall–Kier alpha value is 1.26. The van der Waals surface area contributed by atoms with E-state index >= 15 is 0 Å². The first-order valence-electron chi connectivity index (χ1n) is 5.72. The number of hydrogen-bond donors (Lipinski definition) is 0. The fraction of sp³-hybridized carbons (Fsp3) is 0.500. The van der Waals surface area contributed by atoms with Crippen LogP contribution in [0.2, 0.25) is 29.6 Å². The molecule has 16 heavy (non-hydrogen) atoms. The van der Waals surface area contributed by atoms with Crippen molar-refractivity contribution in [2.75, 3.05) is 0 Å². The fourth-order valence-corrected chi connectivity index (χ4v) is 34.5. The van der Waals surface area contributed by atoms with Crippen molar-refractivity contribution >= 4 is 75.3 Å². The Morgan fingerprint density at radius 2 is 1.56 bits per heavy atom. The van der Waals surface area contributed by atoms with Gasteiger partial charge in [-0.25, -0.2) is 0 Å². The summed E-state index contributed by atoms with van der Waals surface area (Å²) in [7, 11) is 0. The maximum absolute atomic E-state index is 2.57. The molecule has 0 aliphatic heterocycles. The molecule has 4 heteroatoms. The Balaban J connectivity index is 2.79. The number of fused-ring (bicyclic) bond motifs is 1. The quantitative estimate of drug-likeness (QED) is 0.587. The Morgan fingerprint density at radius 3 is 2.06 bits per heavy atom. The zero-order valence-electron chi connectivity index (χ0n) is 11.0. The third-order valence-electron chi connectivity index (χ3n) is 2.73.